The topological polar surface area (TPSA) is 244 Å². The minimum atomic E-state index is -5.05. The third kappa shape index (κ3) is 23.4. The summed E-state index contributed by atoms with van der Waals surface area (Å²) in [6.45, 7) is 5.54. The number of nitrogens with zero attached hydrogens (tertiary/aromatic N) is 4. The van der Waals surface area contributed by atoms with Crippen LogP contribution < -0.4 is 9.47 Å². The van der Waals surface area contributed by atoms with Gasteiger partial charge in [-0.05, 0) is 103 Å². The Morgan fingerprint density at radius 2 is 0.940 bits per heavy atom. The average Bonchev–Trinajstić information content (AvgIpc) is 3.66. The fourth-order valence-electron chi connectivity index (χ4n) is 7.51. The number of rotatable bonds is 32. The Labute approximate surface area is 492 Å². The second-order valence-corrected chi connectivity index (χ2v) is 17.9. The van der Waals surface area contributed by atoms with E-state index in [9.17, 15) is 49.5 Å². The van der Waals surface area contributed by atoms with Crippen molar-refractivity contribution in [2.75, 3.05) is 13.2 Å². The molecule has 0 fully saturated rings. The number of ether oxygens (including phenoxy) is 5. The van der Waals surface area contributed by atoms with E-state index in [1.54, 1.807) is 30.3 Å². The number of allylic oxidation sites excluding steroid dienone is 2. The van der Waals surface area contributed by atoms with Gasteiger partial charge in [-0.15, -0.1) is 11.4 Å². The number of halogens is 8. The average molecular weight is 1260 g/mol. The number of hydrogen-bond donors (Lipinski definition) is 2. The number of benzene rings is 1. The maximum Gasteiger partial charge on any atom is 2.00 e. The van der Waals surface area contributed by atoms with Crippen LogP contribution in [0.15, 0.2) is 97.9 Å². The molecule has 0 radical (unpaired) electrons. The van der Waals surface area contributed by atoms with Crippen molar-refractivity contribution in [2.45, 2.75) is 103 Å². The fourth-order valence-corrected chi connectivity index (χ4v) is 7.51. The quantitative estimate of drug-likeness (QED) is 0.00777. The number of nitrogens with one attached hydrogen (secondary N) is 4. The van der Waals surface area contributed by atoms with Crippen molar-refractivity contribution in [3.05, 3.63) is 149 Å². The molecule has 84 heavy (non-hydrogen) atoms. The van der Waals surface area contributed by atoms with Crippen LogP contribution in [0, 0.1) is 22.5 Å². The van der Waals surface area contributed by atoms with Gasteiger partial charge in [-0.2, -0.15) is 26.3 Å². The SMILES string of the molecule is CCCCCCCCOc1cccc(OCCCCCCCC)c1-c1cc(/C([NH-])=C/C(=N)C(F)(F)F)nc(/C([NH-])=C/C(=N)C(F)(F)F)c1.O=CO/C=C/c1cc(-c2cc(/C=C/OC=O)c(F)cn2)nc(-c2cc(/C=C/OC=O)c(F)cn2)c1.[Ru+2]. The molecule has 4 heterocycles. The van der Waals surface area contributed by atoms with E-state index in [1.807, 2.05) is 0 Å². The molecule has 4 aromatic heterocycles. The summed E-state index contributed by atoms with van der Waals surface area (Å²) in [4.78, 5) is 47.7. The number of carbonyl (C=O) groups excluding carboxylic acids is 3. The van der Waals surface area contributed by atoms with Crippen LogP contribution in [0.3, 0.4) is 0 Å². The zero-order valence-corrected chi connectivity index (χ0v) is 47.3. The van der Waals surface area contributed by atoms with Crippen LogP contribution >= 0.6 is 0 Å². The Hall–Kier alpha value is -8.47. The van der Waals surface area contributed by atoms with E-state index in [1.165, 1.54) is 42.5 Å². The summed E-state index contributed by atoms with van der Waals surface area (Å²) in [5, 5.41) is 14.6. The summed E-state index contributed by atoms with van der Waals surface area (Å²) in [6.07, 6.45) is 11.6. The zero-order chi connectivity index (χ0) is 60.8. The van der Waals surface area contributed by atoms with E-state index >= 15 is 0 Å². The molecule has 0 saturated carbocycles. The Bertz CT molecular complexity index is 2970. The van der Waals surface area contributed by atoms with Crippen LogP contribution in [0.2, 0.25) is 0 Å². The van der Waals surface area contributed by atoms with Gasteiger partial charge in [0.05, 0.1) is 72.7 Å². The monoisotopic (exact) mass is 1260 g/mol. The first-order valence-corrected chi connectivity index (χ1v) is 25.9. The predicted molar refractivity (Wildman–Crippen MR) is 299 cm³/mol. The number of pyridine rings is 4. The van der Waals surface area contributed by atoms with Gasteiger partial charge in [0, 0.05) is 22.5 Å². The molecule has 0 aliphatic carbocycles. The van der Waals surface area contributed by atoms with Gasteiger partial charge < -0.3 is 35.2 Å². The summed E-state index contributed by atoms with van der Waals surface area (Å²) in [5.74, 6) is -0.651. The molecule has 448 valence electrons. The molecule has 5 aromatic rings. The summed E-state index contributed by atoms with van der Waals surface area (Å²) in [6, 6.07) is 13.5. The van der Waals surface area contributed by atoms with Crippen molar-refractivity contribution in [3.63, 3.8) is 0 Å². The van der Waals surface area contributed by atoms with E-state index in [2.05, 4.69) is 48.0 Å². The van der Waals surface area contributed by atoms with E-state index < -0.39 is 58.2 Å². The molecule has 0 unspecified atom stereocenters. The molecule has 4 N–H and O–H groups in total. The molecule has 0 aliphatic heterocycles. The largest absolute Gasteiger partial charge is 2.00 e. The number of hydrogen-bond acceptors (Lipinski definition) is 14. The van der Waals surface area contributed by atoms with Gasteiger partial charge in [0.1, 0.15) is 34.6 Å². The Kier molecular flexibility index (Phi) is 30.1. The van der Waals surface area contributed by atoms with Crippen LogP contribution in [0.25, 0.3) is 75.0 Å². The first-order chi connectivity index (χ1) is 39.7. The van der Waals surface area contributed by atoms with E-state index in [4.69, 9.17) is 31.8 Å². The molecular formula is C59H60F8N8O8Ru. The van der Waals surface area contributed by atoms with Gasteiger partial charge in [0.25, 0.3) is 19.4 Å². The summed E-state index contributed by atoms with van der Waals surface area (Å²) in [7, 11) is 0. The molecule has 5 rings (SSSR count). The molecule has 0 spiro atoms. The Morgan fingerprint density at radius 1 is 0.548 bits per heavy atom. The van der Waals surface area contributed by atoms with Gasteiger partial charge in [-0.1, -0.05) is 84.1 Å². The number of aromatic nitrogens is 4. The van der Waals surface area contributed by atoms with Gasteiger partial charge in [-0.3, -0.25) is 40.2 Å². The van der Waals surface area contributed by atoms with Crippen molar-refractivity contribution >= 4 is 60.5 Å². The van der Waals surface area contributed by atoms with Crippen molar-refractivity contribution in [3.8, 4) is 45.4 Å². The van der Waals surface area contributed by atoms with E-state index in [0.29, 0.717) is 35.8 Å². The third-order valence-electron chi connectivity index (χ3n) is 11.7. The van der Waals surface area contributed by atoms with Crippen LogP contribution in [-0.4, -0.2) is 76.3 Å². The van der Waals surface area contributed by atoms with E-state index in [-0.39, 0.29) is 90.5 Å². The Balaban J connectivity index is 0.000000455. The molecular weight excluding hydrogens is 1200 g/mol. The van der Waals surface area contributed by atoms with Gasteiger partial charge in [0.15, 0.2) is 0 Å². The first-order valence-electron chi connectivity index (χ1n) is 25.9. The standard InChI is InChI=1S/C35H45F6N5O2.C24H15F2N3O6.Ru/c1-3-5-7-9-11-13-18-47-29-16-15-17-30(48-19-14-12-10-8-6-4-2)33(29)24-20-27(25(42)22-31(44)34(36,37)38)46-28(21-24)26(43)23-32(45)35(39,40)41;25-19-11-27-21(9-17(19)2-5-34-14-31)23-7-16(1-4-33-13-30)8-24(29-23)22-10-18(3-6-35-15-32)20(26)12-28-22;/h15-17,20-23,42-45H,3-14,18-19H2,1-2H3;1-15H;/q-2;;+2/b25-22-,26-23-,44-31?,45-32?;4-1+,5-2+,6-3+;. The minimum Gasteiger partial charge on any atom is -0.697 e. The zero-order valence-electron chi connectivity index (χ0n) is 45.5. The molecule has 0 amide bonds. The second kappa shape index (κ2) is 36.2. The fraction of sp³-hybridized carbons (Fsp3) is 0.305. The molecule has 25 heteroatoms. The molecule has 0 saturated heterocycles. The van der Waals surface area contributed by atoms with Crippen LogP contribution in [-0.2, 0) is 48.1 Å². The second-order valence-electron chi connectivity index (χ2n) is 17.9. The summed E-state index contributed by atoms with van der Waals surface area (Å²) < 4.78 is 133. The molecule has 1 aromatic carbocycles. The van der Waals surface area contributed by atoms with Crippen molar-refractivity contribution in [1.29, 1.82) is 10.8 Å². The minimum absolute atomic E-state index is 0. The van der Waals surface area contributed by atoms with Crippen LogP contribution in [0.1, 0.15) is 119 Å². The maximum atomic E-state index is 14.1. The maximum absolute atomic E-state index is 14.1. The van der Waals surface area contributed by atoms with Crippen molar-refractivity contribution < 1.29 is 92.7 Å². The number of unbranched alkanes of at least 4 members (excludes halogenated alkanes) is 10. The van der Waals surface area contributed by atoms with Gasteiger partial charge in [0.2, 0.25) is 0 Å². The smallest absolute Gasteiger partial charge is 0.697 e. The Morgan fingerprint density at radius 3 is 1.33 bits per heavy atom. The third-order valence-corrected chi connectivity index (χ3v) is 11.7. The molecule has 16 nitrogen and oxygen atoms in total. The van der Waals surface area contributed by atoms with E-state index in [0.717, 1.165) is 108 Å². The van der Waals surface area contributed by atoms with Crippen molar-refractivity contribution in [1.82, 2.24) is 19.9 Å². The van der Waals surface area contributed by atoms with Gasteiger partial charge in [-0.25, -0.2) is 13.8 Å². The summed E-state index contributed by atoms with van der Waals surface area (Å²) >= 11 is 0. The predicted octanol–water partition coefficient (Wildman–Crippen LogP) is 16.1. The van der Waals surface area contributed by atoms with Crippen LogP contribution in [0.5, 0.6) is 11.5 Å². The first kappa shape index (κ1) is 69.8. The normalized spacial score (nSPS) is 11.9. The number of carbonyl (C=O) groups is 3. The molecule has 0 bridgehead atoms. The van der Waals surface area contributed by atoms with Crippen molar-refractivity contribution in [2.24, 2.45) is 0 Å². The van der Waals surface area contributed by atoms with Crippen LogP contribution in [0.4, 0.5) is 35.1 Å². The molecule has 0 aliphatic rings. The van der Waals surface area contributed by atoms with Gasteiger partial charge >= 0.3 is 31.8 Å². The summed E-state index contributed by atoms with van der Waals surface area (Å²) in [5.41, 5.74) is 12.6. The molecule has 0 atom stereocenters. The number of alkyl halides is 6.